The van der Waals surface area contributed by atoms with Crippen LogP contribution in [0.1, 0.15) is 38.2 Å². The number of nitrogens with zero attached hydrogens (tertiary/aromatic N) is 1. The first kappa shape index (κ1) is 21.5. The van der Waals surface area contributed by atoms with Gasteiger partial charge in [-0.1, -0.05) is 37.8 Å². The zero-order chi connectivity index (χ0) is 20.4. The van der Waals surface area contributed by atoms with Gasteiger partial charge in [0.15, 0.2) is 0 Å². The minimum atomic E-state index is -0.594. The Morgan fingerprint density at radius 1 is 1.21 bits per heavy atom. The van der Waals surface area contributed by atoms with Crippen molar-refractivity contribution in [2.45, 2.75) is 32.6 Å². The molecule has 0 heterocycles. The first-order chi connectivity index (χ1) is 13.5. The fourth-order valence-corrected chi connectivity index (χ4v) is 2.69. The van der Waals surface area contributed by atoms with Gasteiger partial charge >= 0.3 is 0 Å². The minimum absolute atomic E-state index is 0.109. The molecule has 0 bridgehead atoms. The van der Waals surface area contributed by atoms with Gasteiger partial charge < -0.3 is 10.1 Å². The largest absolute Gasteiger partial charge is 0.493 e. The van der Waals surface area contributed by atoms with Crippen molar-refractivity contribution in [1.29, 1.82) is 5.26 Å². The average Bonchev–Trinajstić information content (AvgIpc) is 2.69. The Morgan fingerprint density at radius 3 is 2.64 bits per heavy atom. The lowest BCUT2D eigenvalue weighted by atomic mass is 10.1. The number of hydrogen-bond acceptors (Lipinski definition) is 3. The average molecular weight is 401 g/mol. The van der Waals surface area contributed by atoms with Crippen LogP contribution in [0.15, 0.2) is 48.0 Å². The zero-order valence-electron chi connectivity index (χ0n) is 15.7. The van der Waals surface area contributed by atoms with E-state index in [0.29, 0.717) is 28.6 Å². The number of carbonyl (C=O) groups excluding carboxylic acids is 1. The van der Waals surface area contributed by atoms with Gasteiger partial charge in [-0.25, -0.2) is 4.39 Å². The van der Waals surface area contributed by atoms with E-state index in [2.05, 4.69) is 12.2 Å². The predicted molar refractivity (Wildman–Crippen MR) is 110 cm³/mol. The van der Waals surface area contributed by atoms with E-state index in [1.54, 1.807) is 18.2 Å². The van der Waals surface area contributed by atoms with Crippen LogP contribution in [-0.2, 0) is 4.79 Å². The number of ether oxygens (including phenoxy) is 1. The fraction of sp³-hybridized carbons (Fsp3) is 0.273. The van der Waals surface area contributed by atoms with E-state index in [-0.39, 0.29) is 5.57 Å². The molecular weight excluding hydrogens is 379 g/mol. The number of benzene rings is 2. The highest BCUT2D eigenvalue weighted by Gasteiger charge is 2.12. The number of halogens is 2. The molecule has 1 amide bonds. The Labute approximate surface area is 169 Å². The monoisotopic (exact) mass is 400 g/mol. The molecule has 146 valence electrons. The van der Waals surface area contributed by atoms with Crippen molar-refractivity contribution in [3.05, 3.63) is 64.4 Å². The van der Waals surface area contributed by atoms with Gasteiger partial charge in [-0.2, -0.15) is 5.26 Å². The lowest BCUT2D eigenvalue weighted by Crippen LogP contribution is -2.13. The van der Waals surface area contributed by atoms with E-state index in [1.807, 2.05) is 6.07 Å². The SMILES string of the molecule is CCCCCCOc1ccc(Cl)cc1/C=C(\C#N)C(=O)Nc1ccc(F)cc1. The molecule has 1 N–H and O–H groups in total. The number of nitrogens with one attached hydrogen (secondary N) is 1. The smallest absolute Gasteiger partial charge is 0.266 e. The molecule has 0 atom stereocenters. The van der Waals surface area contributed by atoms with Crippen LogP contribution < -0.4 is 10.1 Å². The summed E-state index contributed by atoms with van der Waals surface area (Å²) >= 11 is 6.07. The molecule has 0 spiro atoms. The van der Waals surface area contributed by atoms with Crippen molar-refractivity contribution in [2.24, 2.45) is 0 Å². The maximum absolute atomic E-state index is 13.0. The van der Waals surface area contributed by atoms with Gasteiger partial charge in [0.1, 0.15) is 23.2 Å². The lowest BCUT2D eigenvalue weighted by molar-refractivity contribution is -0.112. The number of rotatable bonds is 9. The van der Waals surface area contributed by atoms with Crippen LogP contribution in [0, 0.1) is 17.1 Å². The Morgan fingerprint density at radius 2 is 1.96 bits per heavy atom. The van der Waals surface area contributed by atoms with Crippen LogP contribution in [0.2, 0.25) is 5.02 Å². The molecule has 4 nitrogen and oxygen atoms in total. The predicted octanol–water partition coefficient (Wildman–Crippen LogP) is 5.98. The number of anilines is 1. The Bertz CT molecular complexity index is 873. The van der Waals surface area contributed by atoms with Crippen molar-refractivity contribution in [1.82, 2.24) is 0 Å². The standard InChI is InChI=1S/C22H22ClFN2O2/c1-2-3-4-5-12-28-21-11-6-18(23)14-16(21)13-17(15-25)22(27)26-20-9-7-19(24)8-10-20/h6-11,13-14H,2-5,12H2,1H3,(H,26,27)/b17-13+. The van der Waals surface area contributed by atoms with Gasteiger partial charge in [0.25, 0.3) is 5.91 Å². The second-order valence-electron chi connectivity index (χ2n) is 6.22. The molecule has 0 aromatic heterocycles. The molecule has 0 fully saturated rings. The number of amides is 1. The maximum atomic E-state index is 13.0. The zero-order valence-corrected chi connectivity index (χ0v) is 16.4. The highest BCUT2D eigenvalue weighted by molar-refractivity contribution is 6.30. The second-order valence-corrected chi connectivity index (χ2v) is 6.66. The number of unbranched alkanes of at least 4 members (excludes halogenated alkanes) is 3. The normalized spacial score (nSPS) is 11.0. The molecule has 2 rings (SSSR count). The molecule has 2 aromatic carbocycles. The first-order valence-corrected chi connectivity index (χ1v) is 9.52. The van der Waals surface area contributed by atoms with Crippen LogP contribution in [-0.4, -0.2) is 12.5 Å². The number of carbonyl (C=O) groups is 1. The van der Waals surface area contributed by atoms with E-state index < -0.39 is 11.7 Å². The van der Waals surface area contributed by atoms with Crippen LogP contribution in [0.5, 0.6) is 5.75 Å². The van der Waals surface area contributed by atoms with E-state index in [9.17, 15) is 14.4 Å². The fourth-order valence-electron chi connectivity index (χ4n) is 2.51. The number of nitriles is 1. The Hall–Kier alpha value is -2.84. The maximum Gasteiger partial charge on any atom is 0.266 e. The van der Waals surface area contributed by atoms with Gasteiger partial charge in [-0.15, -0.1) is 0 Å². The van der Waals surface area contributed by atoms with E-state index in [1.165, 1.54) is 30.3 Å². The molecule has 0 aliphatic heterocycles. The molecule has 2 aromatic rings. The Kier molecular flexibility index (Phi) is 8.51. The summed E-state index contributed by atoms with van der Waals surface area (Å²) in [7, 11) is 0. The summed E-state index contributed by atoms with van der Waals surface area (Å²) in [5.41, 5.74) is 0.835. The molecular formula is C22H22ClFN2O2. The quantitative estimate of drug-likeness (QED) is 0.319. The third-order valence-electron chi connectivity index (χ3n) is 3.99. The van der Waals surface area contributed by atoms with Crippen LogP contribution in [0.25, 0.3) is 6.08 Å². The second kappa shape index (κ2) is 11.1. The van der Waals surface area contributed by atoms with E-state index in [4.69, 9.17) is 16.3 Å². The molecule has 0 saturated carbocycles. The number of hydrogen-bond donors (Lipinski definition) is 1. The molecule has 28 heavy (non-hydrogen) atoms. The first-order valence-electron chi connectivity index (χ1n) is 9.14. The highest BCUT2D eigenvalue weighted by atomic mass is 35.5. The van der Waals surface area contributed by atoms with Gasteiger partial charge in [0.05, 0.1) is 6.61 Å². The summed E-state index contributed by atoms with van der Waals surface area (Å²) in [4.78, 5) is 12.4. The summed E-state index contributed by atoms with van der Waals surface area (Å²) in [6, 6.07) is 12.3. The van der Waals surface area contributed by atoms with Crippen molar-refractivity contribution < 1.29 is 13.9 Å². The Balaban J connectivity index is 2.15. The van der Waals surface area contributed by atoms with E-state index >= 15 is 0 Å². The lowest BCUT2D eigenvalue weighted by Gasteiger charge is -2.10. The highest BCUT2D eigenvalue weighted by Crippen LogP contribution is 2.26. The molecule has 0 unspecified atom stereocenters. The third-order valence-corrected chi connectivity index (χ3v) is 4.23. The van der Waals surface area contributed by atoms with Crippen LogP contribution >= 0.6 is 11.6 Å². The van der Waals surface area contributed by atoms with Crippen molar-refractivity contribution in [2.75, 3.05) is 11.9 Å². The summed E-state index contributed by atoms with van der Waals surface area (Å²) in [5.74, 6) is -0.445. The molecule has 0 aliphatic carbocycles. The molecule has 0 aliphatic rings. The summed E-state index contributed by atoms with van der Waals surface area (Å²) in [6.45, 7) is 2.69. The molecule has 0 saturated heterocycles. The summed E-state index contributed by atoms with van der Waals surface area (Å²) in [5, 5.41) is 12.4. The van der Waals surface area contributed by atoms with Gasteiger partial charge in [0.2, 0.25) is 0 Å². The van der Waals surface area contributed by atoms with Crippen molar-refractivity contribution in [3.8, 4) is 11.8 Å². The summed E-state index contributed by atoms with van der Waals surface area (Å²) < 4.78 is 18.8. The van der Waals surface area contributed by atoms with Gasteiger partial charge in [-0.05, 0) is 55.0 Å². The van der Waals surface area contributed by atoms with Crippen molar-refractivity contribution >= 4 is 29.3 Å². The van der Waals surface area contributed by atoms with Crippen LogP contribution in [0.4, 0.5) is 10.1 Å². The van der Waals surface area contributed by atoms with Crippen LogP contribution in [0.3, 0.4) is 0 Å². The third kappa shape index (κ3) is 6.71. The van der Waals surface area contributed by atoms with Crippen molar-refractivity contribution in [3.63, 3.8) is 0 Å². The molecule has 6 heteroatoms. The topological polar surface area (TPSA) is 62.1 Å². The molecule has 0 radical (unpaired) electrons. The van der Waals surface area contributed by atoms with E-state index in [0.717, 1.165) is 25.7 Å². The minimum Gasteiger partial charge on any atom is -0.493 e. The van der Waals surface area contributed by atoms with Gasteiger partial charge in [0, 0.05) is 16.3 Å². The summed E-state index contributed by atoms with van der Waals surface area (Å²) in [6.07, 6.45) is 5.74. The van der Waals surface area contributed by atoms with Gasteiger partial charge in [-0.3, -0.25) is 4.79 Å².